The predicted octanol–water partition coefficient (Wildman–Crippen LogP) is 2.22. The van der Waals surface area contributed by atoms with E-state index in [1.807, 2.05) is 31.2 Å². The van der Waals surface area contributed by atoms with Crippen LogP contribution in [0.3, 0.4) is 0 Å². The van der Waals surface area contributed by atoms with Crippen molar-refractivity contribution in [2.24, 2.45) is 0 Å². The van der Waals surface area contributed by atoms with Gasteiger partial charge in [-0.15, -0.1) is 0 Å². The van der Waals surface area contributed by atoms with E-state index in [0.717, 1.165) is 28.8 Å². The first kappa shape index (κ1) is 13.8. The predicted molar refractivity (Wildman–Crippen MR) is 80.7 cm³/mol. The Kier molecular flexibility index (Phi) is 3.75. The molecule has 5 nitrogen and oxygen atoms in total. The minimum Gasteiger partial charge on any atom is -0.481 e. The fourth-order valence-corrected chi connectivity index (χ4v) is 2.76. The van der Waals surface area contributed by atoms with Crippen LogP contribution in [0.1, 0.15) is 12.0 Å². The van der Waals surface area contributed by atoms with Crippen LogP contribution in [0.4, 0.5) is 5.82 Å². The number of rotatable bonds is 3. The lowest BCUT2D eigenvalue weighted by molar-refractivity contribution is -0.140. The number of ether oxygens (including phenoxy) is 1. The number of carboxylic acids is 1. The second kappa shape index (κ2) is 5.69. The van der Waals surface area contributed by atoms with Crippen LogP contribution in [0.25, 0.3) is 10.9 Å². The Labute approximate surface area is 123 Å². The average molecular weight is 286 g/mol. The molecule has 0 radical (unpaired) electrons. The van der Waals surface area contributed by atoms with Gasteiger partial charge in [-0.2, -0.15) is 0 Å². The van der Waals surface area contributed by atoms with Gasteiger partial charge in [0.1, 0.15) is 5.82 Å². The zero-order valence-electron chi connectivity index (χ0n) is 12.0. The SMILES string of the molecule is Cc1cc2ccccc2nc1N1CCOC(CC(=O)O)C1. The number of aromatic nitrogens is 1. The number of carbonyl (C=O) groups is 1. The number of carboxylic acid groups (broad SMARTS) is 1. The number of nitrogens with zero attached hydrogens (tertiary/aromatic N) is 2. The summed E-state index contributed by atoms with van der Waals surface area (Å²) in [5, 5.41) is 10.0. The van der Waals surface area contributed by atoms with Crippen LogP contribution >= 0.6 is 0 Å². The summed E-state index contributed by atoms with van der Waals surface area (Å²) in [4.78, 5) is 17.7. The number of fused-ring (bicyclic) bond motifs is 1. The number of hydrogen-bond donors (Lipinski definition) is 1. The van der Waals surface area contributed by atoms with E-state index in [-0.39, 0.29) is 12.5 Å². The minimum atomic E-state index is -0.829. The highest BCUT2D eigenvalue weighted by molar-refractivity contribution is 5.81. The molecule has 1 aliphatic heterocycles. The first-order valence-electron chi connectivity index (χ1n) is 7.08. The van der Waals surface area contributed by atoms with Crippen molar-refractivity contribution in [1.29, 1.82) is 0 Å². The summed E-state index contributed by atoms with van der Waals surface area (Å²) in [5.74, 6) is 0.0948. The zero-order chi connectivity index (χ0) is 14.8. The summed E-state index contributed by atoms with van der Waals surface area (Å²) in [7, 11) is 0. The van der Waals surface area contributed by atoms with E-state index < -0.39 is 5.97 Å². The van der Waals surface area contributed by atoms with Crippen LogP contribution in [0.5, 0.6) is 0 Å². The van der Waals surface area contributed by atoms with Gasteiger partial charge in [-0.05, 0) is 24.6 Å². The van der Waals surface area contributed by atoms with Gasteiger partial charge >= 0.3 is 5.97 Å². The van der Waals surface area contributed by atoms with Crippen molar-refractivity contribution in [3.63, 3.8) is 0 Å². The van der Waals surface area contributed by atoms with Crippen molar-refractivity contribution in [3.8, 4) is 0 Å². The summed E-state index contributed by atoms with van der Waals surface area (Å²) in [5.41, 5.74) is 2.06. The molecule has 1 fully saturated rings. The van der Waals surface area contributed by atoms with Gasteiger partial charge in [0.2, 0.25) is 0 Å². The molecule has 0 aliphatic carbocycles. The summed E-state index contributed by atoms with van der Waals surface area (Å²) >= 11 is 0. The number of benzene rings is 1. The lowest BCUT2D eigenvalue weighted by Gasteiger charge is -2.34. The Hall–Kier alpha value is -2.14. The quantitative estimate of drug-likeness (QED) is 0.937. The van der Waals surface area contributed by atoms with Gasteiger partial charge < -0.3 is 14.7 Å². The Morgan fingerprint density at radius 3 is 3.10 bits per heavy atom. The van der Waals surface area contributed by atoms with Gasteiger partial charge in [0, 0.05) is 18.5 Å². The monoisotopic (exact) mass is 286 g/mol. The van der Waals surface area contributed by atoms with Crippen molar-refractivity contribution in [1.82, 2.24) is 4.98 Å². The molecule has 0 bridgehead atoms. The van der Waals surface area contributed by atoms with Crippen molar-refractivity contribution in [3.05, 3.63) is 35.9 Å². The highest BCUT2D eigenvalue weighted by Crippen LogP contribution is 2.24. The van der Waals surface area contributed by atoms with Gasteiger partial charge in [-0.3, -0.25) is 4.79 Å². The third-order valence-electron chi connectivity index (χ3n) is 3.73. The maximum atomic E-state index is 10.8. The van der Waals surface area contributed by atoms with Gasteiger partial charge in [0.25, 0.3) is 0 Å². The van der Waals surface area contributed by atoms with E-state index in [9.17, 15) is 4.79 Å². The molecule has 1 unspecified atom stereocenters. The van der Waals surface area contributed by atoms with Crippen LogP contribution in [0.2, 0.25) is 0 Å². The zero-order valence-corrected chi connectivity index (χ0v) is 12.0. The number of hydrogen-bond acceptors (Lipinski definition) is 4. The highest BCUT2D eigenvalue weighted by Gasteiger charge is 2.24. The van der Waals surface area contributed by atoms with Gasteiger partial charge in [0.15, 0.2) is 0 Å². The number of aryl methyl sites for hydroxylation is 1. The molecule has 1 saturated heterocycles. The average Bonchev–Trinajstić information content (AvgIpc) is 2.46. The van der Waals surface area contributed by atoms with Crippen LogP contribution in [-0.4, -0.2) is 41.9 Å². The second-order valence-corrected chi connectivity index (χ2v) is 5.36. The molecule has 5 heteroatoms. The molecule has 21 heavy (non-hydrogen) atoms. The van der Waals surface area contributed by atoms with Crippen LogP contribution in [0, 0.1) is 6.92 Å². The molecule has 1 atom stereocenters. The molecule has 2 aromatic rings. The topological polar surface area (TPSA) is 62.7 Å². The molecule has 0 amide bonds. The third-order valence-corrected chi connectivity index (χ3v) is 3.73. The fraction of sp³-hybridized carbons (Fsp3) is 0.375. The molecule has 1 N–H and O–H groups in total. The number of para-hydroxylation sites is 1. The maximum Gasteiger partial charge on any atom is 0.306 e. The third kappa shape index (κ3) is 2.97. The molecular formula is C16H18N2O3. The molecule has 1 aliphatic rings. The van der Waals surface area contributed by atoms with E-state index in [1.54, 1.807) is 0 Å². The van der Waals surface area contributed by atoms with Crippen molar-refractivity contribution < 1.29 is 14.6 Å². The van der Waals surface area contributed by atoms with Crippen molar-refractivity contribution in [2.75, 3.05) is 24.6 Å². The molecule has 2 heterocycles. The van der Waals surface area contributed by atoms with Crippen molar-refractivity contribution in [2.45, 2.75) is 19.4 Å². The molecule has 1 aromatic carbocycles. The van der Waals surface area contributed by atoms with Gasteiger partial charge in [0.05, 0.1) is 24.6 Å². The lowest BCUT2D eigenvalue weighted by atomic mass is 10.1. The number of aliphatic carboxylic acids is 1. The Balaban J connectivity index is 1.88. The maximum absolute atomic E-state index is 10.8. The fourth-order valence-electron chi connectivity index (χ4n) is 2.76. The summed E-state index contributed by atoms with van der Waals surface area (Å²) in [6.45, 7) is 3.88. The first-order valence-corrected chi connectivity index (χ1v) is 7.08. The largest absolute Gasteiger partial charge is 0.481 e. The molecule has 1 aromatic heterocycles. The van der Waals surface area contributed by atoms with Crippen LogP contribution < -0.4 is 4.90 Å². The van der Waals surface area contributed by atoms with Crippen LogP contribution in [0.15, 0.2) is 30.3 Å². The normalized spacial score (nSPS) is 18.9. The molecule has 3 rings (SSSR count). The number of pyridine rings is 1. The Morgan fingerprint density at radius 2 is 2.29 bits per heavy atom. The van der Waals surface area contributed by atoms with E-state index in [0.29, 0.717) is 13.2 Å². The number of morpholine rings is 1. The molecule has 0 spiro atoms. The van der Waals surface area contributed by atoms with E-state index in [4.69, 9.17) is 14.8 Å². The lowest BCUT2D eigenvalue weighted by Crippen LogP contribution is -2.44. The molecule has 0 saturated carbocycles. The second-order valence-electron chi connectivity index (χ2n) is 5.36. The van der Waals surface area contributed by atoms with Gasteiger partial charge in [-0.1, -0.05) is 18.2 Å². The summed E-state index contributed by atoms with van der Waals surface area (Å²) in [6.07, 6.45) is -0.243. The standard InChI is InChI=1S/C16H18N2O3/c1-11-8-12-4-2-3-5-14(12)17-16(11)18-6-7-21-13(10-18)9-15(19)20/h2-5,8,13H,6-7,9-10H2,1H3,(H,19,20). The molecular weight excluding hydrogens is 268 g/mol. The Bertz CT molecular complexity index is 672. The summed E-state index contributed by atoms with van der Waals surface area (Å²) in [6, 6.07) is 10.1. The van der Waals surface area contributed by atoms with Crippen LogP contribution in [-0.2, 0) is 9.53 Å². The van der Waals surface area contributed by atoms with E-state index in [1.165, 1.54) is 0 Å². The van der Waals surface area contributed by atoms with E-state index >= 15 is 0 Å². The minimum absolute atomic E-state index is 0.0309. The summed E-state index contributed by atoms with van der Waals surface area (Å²) < 4.78 is 5.52. The molecule has 110 valence electrons. The number of anilines is 1. The van der Waals surface area contributed by atoms with Gasteiger partial charge in [-0.25, -0.2) is 4.98 Å². The van der Waals surface area contributed by atoms with Crippen molar-refractivity contribution >= 4 is 22.7 Å². The van der Waals surface area contributed by atoms with E-state index in [2.05, 4.69) is 11.0 Å². The Morgan fingerprint density at radius 1 is 1.48 bits per heavy atom. The highest BCUT2D eigenvalue weighted by atomic mass is 16.5. The smallest absolute Gasteiger partial charge is 0.306 e. The first-order chi connectivity index (χ1) is 10.1.